The lowest BCUT2D eigenvalue weighted by atomic mass is 10.2. The molecule has 0 aliphatic heterocycles. The van der Waals surface area contributed by atoms with Crippen molar-refractivity contribution in [2.45, 2.75) is 20.0 Å². The van der Waals surface area contributed by atoms with Crippen LogP contribution >= 0.6 is 23.2 Å². The molecule has 3 aromatic rings. The van der Waals surface area contributed by atoms with Crippen molar-refractivity contribution in [3.05, 3.63) is 87.4 Å². The number of halogens is 2. The summed E-state index contributed by atoms with van der Waals surface area (Å²) in [4.78, 5) is 24.1. The number of aryl methyl sites for hydroxylation is 1. The van der Waals surface area contributed by atoms with Crippen molar-refractivity contribution in [1.82, 2.24) is 5.43 Å². The molecule has 34 heavy (non-hydrogen) atoms. The van der Waals surface area contributed by atoms with Gasteiger partial charge < -0.3 is 14.8 Å². The first kappa shape index (κ1) is 25.1. The molecule has 0 aliphatic rings. The highest BCUT2D eigenvalue weighted by atomic mass is 35.5. The molecule has 176 valence electrons. The van der Waals surface area contributed by atoms with Crippen LogP contribution in [-0.4, -0.2) is 25.1 Å². The second-order valence-corrected chi connectivity index (χ2v) is 8.09. The van der Waals surface area contributed by atoms with Gasteiger partial charge in [0.25, 0.3) is 0 Å². The van der Waals surface area contributed by atoms with Gasteiger partial charge in [0.1, 0.15) is 13.0 Å². The van der Waals surface area contributed by atoms with Gasteiger partial charge in [0.05, 0.1) is 29.1 Å². The SMILES string of the molecule is COc1cc(C=NNC(=O)CC(=O)Nc2cccc(Cl)c2Cl)ccc1OCc1ccc(C)cc1. The summed E-state index contributed by atoms with van der Waals surface area (Å²) in [6.45, 7) is 2.44. The van der Waals surface area contributed by atoms with E-state index in [4.69, 9.17) is 32.7 Å². The van der Waals surface area contributed by atoms with Crippen molar-refractivity contribution < 1.29 is 19.1 Å². The van der Waals surface area contributed by atoms with Crippen molar-refractivity contribution in [3.8, 4) is 11.5 Å². The van der Waals surface area contributed by atoms with E-state index in [1.807, 2.05) is 31.2 Å². The van der Waals surface area contributed by atoms with E-state index in [0.29, 0.717) is 34.4 Å². The highest BCUT2D eigenvalue weighted by Crippen LogP contribution is 2.30. The summed E-state index contributed by atoms with van der Waals surface area (Å²) in [5, 5.41) is 6.94. The third-order valence-corrected chi connectivity index (χ3v) is 5.47. The van der Waals surface area contributed by atoms with Gasteiger partial charge in [-0.3, -0.25) is 9.59 Å². The van der Waals surface area contributed by atoms with Gasteiger partial charge in [-0.15, -0.1) is 0 Å². The Bertz CT molecular complexity index is 1200. The van der Waals surface area contributed by atoms with Gasteiger partial charge in [0.2, 0.25) is 11.8 Å². The fraction of sp³-hybridized carbons (Fsp3) is 0.160. The summed E-state index contributed by atoms with van der Waals surface area (Å²) in [6.07, 6.45) is 1.01. The van der Waals surface area contributed by atoms with E-state index >= 15 is 0 Å². The third kappa shape index (κ3) is 7.23. The zero-order valence-corrected chi connectivity index (χ0v) is 20.1. The number of nitrogens with one attached hydrogen (secondary N) is 2. The van der Waals surface area contributed by atoms with Crippen molar-refractivity contribution in [1.29, 1.82) is 0 Å². The second-order valence-electron chi connectivity index (χ2n) is 7.30. The first-order valence-electron chi connectivity index (χ1n) is 10.3. The van der Waals surface area contributed by atoms with Crippen molar-refractivity contribution in [2.24, 2.45) is 5.10 Å². The predicted molar refractivity (Wildman–Crippen MR) is 134 cm³/mol. The minimum atomic E-state index is -0.586. The van der Waals surface area contributed by atoms with Crippen LogP contribution in [0.5, 0.6) is 11.5 Å². The van der Waals surface area contributed by atoms with Crippen LogP contribution in [0.2, 0.25) is 10.0 Å². The average Bonchev–Trinajstić information content (AvgIpc) is 2.82. The Kier molecular flexibility index (Phi) is 8.90. The highest BCUT2D eigenvalue weighted by molar-refractivity contribution is 6.44. The molecular formula is C25H23Cl2N3O4. The van der Waals surface area contributed by atoms with E-state index in [1.54, 1.807) is 43.5 Å². The molecule has 0 spiro atoms. The molecule has 0 saturated carbocycles. The lowest BCUT2D eigenvalue weighted by Crippen LogP contribution is -2.24. The Morgan fingerprint density at radius 2 is 1.76 bits per heavy atom. The van der Waals surface area contributed by atoms with Crippen molar-refractivity contribution in [3.63, 3.8) is 0 Å². The fourth-order valence-corrected chi connectivity index (χ4v) is 3.24. The lowest BCUT2D eigenvalue weighted by molar-refractivity contribution is -0.126. The van der Waals surface area contributed by atoms with Crippen LogP contribution in [0.4, 0.5) is 5.69 Å². The molecule has 0 aromatic heterocycles. The molecule has 9 heteroatoms. The number of methoxy groups -OCH3 is 1. The number of anilines is 1. The Hall–Kier alpha value is -3.55. The molecule has 7 nitrogen and oxygen atoms in total. The summed E-state index contributed by atoms with van der Waals surface area (Å²) in [6, 6.07) is 18.2. The maximum absolute atomic E-state index is 12.1. The van der Waals surface area contributed by atoms with Crippen LogP contribution in [-0.2, 0) is 16.2 Å². The maximum Gasteiger partial charge on any atom is 0.249 e. The van der Waals surface area contributed by atoms with Crippen LogP contribution in [0.3, 0.4) is 0 Å². The van der Waals surface area contributed by atoms with E-state index in [-0.39, 0.29) is 5.02 Å². The van der Waals surface area contributed by atoms with Crippen molar-refractivity contribution in [2.75, 3.05) is 12.4 Å². The largest absolute Gasteiger partial charge is 0.493 e. The molecule has 0 atom stereocenters. The standard InChI is InChI=1S/C25H23Cl2N3O4/c1-16-6-8-17(9-7-16)15-34-21-11-10-18(12-22(21)33-2)14-28-30-24(32)13-23(31)29-20-5-3-4-19(26)25(20)27/h3-12,14H,13,15H2,1-2H3,(H,29,31)(H,30,32). The fourth-order valence-electron chi connectivity index (χ4n) is 2.89. The van der Waals surface area contributed by atoms with Crippen LogP contribution in [0, 0.1) is 6.92 Å². The van der Waals surface area contributed by atoms with Crippen LogP contribution < -0.4 is 20.2 Å². The summed E-state index contributed by atoms with van der Waals surface area (Å²) in [7, 11) is 1.54. The smallest absolute Gasteiger partial charge is 0.249 e. The Morgan fingerprint density at radius 1 is 1.00 bits per heavy atom. The molecule has 0 unspecified atom stereocenters. The van der Waals surface area contributed by atoms with Gasteiger partial charge in [-0.1, -0.05) is 59.1 Å². The Morgan fingerprint density at radius 3 is 2.50 bits per heavy atom. The molecule has 0 saturated heterocycles. The first-order valence-corrected chi connectivity index (χ1v) is 11.0. The highest BCUT2D eigenvalue weighted by Gasteiger charge is 2.12. The molecular weight excluding hydrogens is 477 g/mol. The summed E-state index contributed by atoms with van der Waals surface area (Å²) in [5.41, 5.74) is 5.55. The number of hydrogen-bond donors (Lipinski definition) is 2. The number of ether oxygens (including phenoxy) is 2. The number of nitrogens with zero attached hydrogens (tertiary/aromatic N) is 1. The lowest BCUT2D eigenvalue weighted by Gasteiger charge is -2.11. The first-order chi connectivity index (χ1) is 16.4. The van der Waals surface area contributed by atoms with Crippen molar-refractivity contribution >= 4 is 46.9 Å². The quantitative estimate of drug-likeness (QED) is 0.235. The summed E-state index contributed by atoms with van der Waals surface area (Å²) >= 11 is 11.9. The normalized spacial score (nSPS) is 10.7. The zero-order valence-electron chi connectivity index (χ0n) is 18.6. The van der Waals surface area contributed by atoms with Gasteiger partial charge in [-0.2, -0.15) is 5.10 Å². The summed E-state index contributed by atoms with van der Waals surface area (Å²) in [5.74, 6) is -0.0219. The predicted octanol–water partition coefficient (Wildman–Crippen LogP) is 5.37. The van der Waals surface area contributed by atoms with E-state index in [2.05, 4.69) is 15.8 Å². The molecule has 0 aliphatic carbocycles. The minimum absolute atomic E-state index is 0.205. The monoisotopic (exact) mass is 499 g/mol. The Balaban J connectivity index is 1.52. The van der Waals surface area contributed by atoms with E-state index in [0.717, 1.165) is 5.56 Å². The van der Waals surface area contributed by atoms with E-state index in [9.17, 15) is 9.59 Å². The van der Waals surface area contributed by atoms with Gasteiger partial charge in [-0.05, 0) is 48.4 Å². The molecule has 0 radical (unpaired) electrons. The van der Waals surface area contributed by atoms with Crippen LogP contribution in [0.1, 0.15) is 23.1 Å². The topological polar surface area (TPSA) is 89.0 Å². The number of hydrazone groups is 1. The number of hydrogen-bond acceptors (Lipinski definition) is 5. The van der Waals surface area contributed by atoms with Crippen LogP contribution in [0.25, 0.3) is 0 Å². The number of rotatable bonds is 9. The van der Waals surface area contributed by atoms with Gasteiger partial charge in [0, 0.05) is 0 Å². The minimum Gasteiger partial charge on any atom is -0.493 e. The molecule has 0 bridgehead atoms. The number of carbonyl (C=O) groups excluding carboxylic acids is 2. The maximum atomic E-state index is 12.1. The van der Waals surface area contributed by atoms with Crippen LogP contribution in [0.15, 0.2) is 65.8 Å². The van der Waals surface area contributed by atoms with Gasteiger partial charge in [0.15, 0.2) is 11.5 Å². The molecule has 0 fully saturated rings. The van der Waals surface area contributed by atoms with E-state index in [1.165, 1.54) is 11.8 Å². The number of carbonyl (C=O) groups is 2. The molecule has 0 heterocycles. The molecule has 2 N–H and O–H groups in total. The third-order valence-electron chi connectivity index (χ3n) is 4.65. The average molecular weight is 500 g/mol. The Labute approximate surface area is 207 Å². The zero-order chi connectivity index (χ0) is 24.5. The number of amides is 2. The number of benzene rings is 3. The summed E-state index contributed by atoms with van der Waals surface area (Å²) < 4.78 is 11.3. The van der Waals surface area contributed by atoms with Gasteiger partial charge >= 0.3 is 0 Å². The molecule has 3 aromatic carbocycles. The van der Waals surface area contributed by atoms with E-state index < -0.39 is 18.2 Å². The molecule has 2 amide bonds. The molecule has 3 rings (SSSR count). The second kappa shape index (κ2) is 12.1. The van der Waals surface area contributed by atoms with Gasteiger partial charge in [-0.25, -0.2) is 5.43 Å².